The molecule has 2 aromatic carbocycles. The van der Waals surface area contributed by atoms with Crippen molar-refractivity contribution in [3.8, 4) is 22.9 Å². The fourth-order valence-corrected chi connectivity index (χ4v) is 1.89. The molecule has 0 atom stereocenters. The third kappa shape index (κ3) is 2.93. The molecule has 1 aromatic heterocycles. The van der Waals surface area contributed by atoms with Crippen LogP contribution < -0.4 is 4.74 Å². The Morgan fingerprint density at radius 1 is 1.14 bits per heavy atom. The highest BCUT2D eigenvalue weighted by molar-refractivity contribution is 5.57. The van der Waals surface area contributed by atoms with Crippen LogP contribution in [0.2, 0.25) is 0 Å². The van der Waals surface area contributed by atoms with E-state index in [0.29, 0.717) is 23.2 Å². The molecule has 22 heavy (non-hydrogen) atoms. The Balaban J connectivity index is 1.82. The van der Waals surface area contributed by atoms with Crippen molar-refractivity contribution < 1.29 is 14.2 Å². The second-order valence-electron chi connectivity index (χ2n) is 4.52. The van der Waals surface area contributed by atoms with Crippen molar-refractivity contribution in [1.29, 1.82) is 0 Å². The average Bonchev–Trinajstić information content (AvgIpc) is 2.95. The lowest BCUT2D eigenvalue weighted by molar-refractivity contribution is -0.384. The Morgan fingerprint density at radius 3 is 2.55 bits per heavy atom. The van der Waals surface area contributed by atoms with E-state index in [1.165, 1.54) is 12.1 Å². The molecule has 0 amide bonds. The summed E-state index contributed by atoms with van der Waals surface area (Å²) in [5.41, 5.74) is 0.777. The summed E-state index contributed by atoms with van der Waals surface area (Å²) in [5, 5.41) is 14.5. The number of nitrogens with zero attached hydrogens (tertiary/aromatic N) is 3. The lowest BCUT2D eigenvalue weighted by Gasteiger charge is -2.06. The first-order chi connectivity index (χ1) is 10.6. The summed E-state index contributed by atoms with van der Waals surface area (Å²) < 4.78 is 10.6. The Bertz CT molecular complexity index is 812. The number of rotatable bonds is 4. The number of nitro groups is 1. The highest BCUT2D eigenvalue weighted by Crippen LogP contribution is 2.27. The molecule has 0 spiro atoms. The molecule has 0 saturated carbocycles. The Morgan fingerprint density at radius 2 is 1.91 bits per heavy atom. The minimum absolute atomic E-state index is 0.0170. The largest absolute Gasteiger partial charge is 0.457 e. The van der Waals surface area contributed by atoms with E-state index in [2.05, 4.69) is 10.1 Å². The summed E-state index contributed by atoms with van der Waals surface area (Å²) in [4.78, 5) is 14.3. The summed E-state index contributed by atoms with van der Waals surface area (Å²) in [6.45, 7) is 1.72. The first kappa shape index (κ1) is 13.7. The molecule has 0 aliphatic rings. The zero-order valence-corrected chi connectivity index (χ0v) is 11.6. The molecule has 7 heteroatoms. The van der Waals surface area contributed by atoms with Gasteiger partial charge in [-0.15, -0.1) is 0 Å². The number of aromatic nitrogens is 2. The topological polar surface area (TPSA) is 91.3 Å². The van der Waals surface area contributed by atoms with Crippen LogP contribution in [0.1, 0.15) is 5.89 Å². The fraction of sp³-hybridized carbons (Fsp3) is 0.0667. The van der Waals surface area contributed by atoms with Gasteiger partial charge in [-0.2, -0.15) is 4.98 Å². The van der Waals surface area contributed by atoms with Crippen LogP contribution in [0.5, 0.6) is 11.5 Å². The number of non-ortho nitro benzene ring substituents is 1. The number of aryl methyl sites for hydroxylation is 1. The van der Waals surface area contributed by atoms with Crippen molar-refractivity contribution in [3.63, 3.8) is 0 Å². The second-order valence-corrected chi connectivity index (χ2v) is 4.52. The molecule has 0 saturated heterocycles. The van der Waals surface area contributed by atoms with Crippen molar-refractivity contribution >= 4 is 5.69 Å². The van der Waals surface area contributed by atoms with Gasteiger partial charge in [0.15, 0.2) is 0 Å². The van der Waals surface area contributed by atoms with Gasteiger partial charge in [0.1, 0.15) is 11.5 Å². The Hall–Kier alpha value is -3.22. The van der Waals surface area contributed by atoms with Crippen LogP contribution in [0.15, 0.2) is 53.1 Å². The SMILES string of the molecule is Cc1nc(-c2cccc(Oc3ccc([N+](=O)[O-])cc3)c2)no1. The third-order valence-corrected chi connectivity index (χ3v) is 2.90. The fourth-order valence-electron chi connectivity index (χ4n) is 1.89. The molecule has 3 aromatic rings. The molecule has 0 N–H and O–H groups in total. The highest BCUT2D eigenvalue weighted by atomic mass is 16.6. The number of hydrogen-bond acceptors (Lipinski definition) is 6. The van der Waals surface area contributed by atoms with Gasteiger partial charge in [-0.1, -0.05) is 17.3 Å². The molecule has 0 unspecified atom stereocenters. The quantitative estimate of drug-likeness (QED) is 0.538. The molecule has 0 fully saturated rings. The van der Waals surface area contributed by atoms with E-state index in [1.807, 2.05) is 12.1 Å². The molecule has 0 bridgehead atoms. The molecule has 0 aliphatic carbocycles. The van der Waals surface area contributed by atoms with Gasteiger partial charge in [0, 0.05) is 24.6 Å². The lowest BCUT2D eigenvalue weighted by atomic mass is 10.2. The van der Waals surface area contributed by atoms with E-state index in [-0.39, 0.29) is 5.69 Å². The van der Waals surface area contributed by atoms with E-state index in [9.17, 15) is 10.1 Å². The van der Waals surface area contributed by atoms with Crippen molar-refractivity contribution in [1.82, 2.24) is 10.1 Å². The number of nitro benzene ring substituents is 1. The molecule has 0 radical (unpaired) electrons. The van der Waals surface area contributed by atoms with Gasteiger partial charge in [-0.05, 0) is 24.3 Å². The van der Waals surface area contributed by atoms with Gasteiger partial charge in [0.05, 0.1) is 4.92 Å². The summed E-state index contributed by atoms with van der Waals surface area (Å²) in [6.07, 6.45) is 0. The van der Waals surface area contributed by atoms with Crippen molar-refractivity contribution in [2.45, 2.75) is 6.92 Å². The van der Waals surface area contributed by atoms with Gasteiger partial charge in [0.2, 0.25) is 11.7 Å². The zero-order valence-electron chi connectivity index (χ0n) is 11.6. The maximum absolute atomic E-state index is 10.6. The van der Waals surface area contributed by atoms with E-state index in [4.69, 9.17) is 9.26 Å². The van der Waals surface area contributed by atoms with Crippen molar-refractivity contribution in [3.05, 3.63) is 64.5 Å². The minimum Gasteiger partial charge on any atom is -0.457 e. The average molecular weight is 297 g/mol. The van der Waals surface area contributed by atoms with Crippen LogP contribution in [0.3, 0.4) is 0 Å². The van der Waals surface area contributed by atoms with E-state index >= 15 is 0 Å². The molecular weight excluding hydrogens is 286 g/mol. The molecule has 7 nitrogen and oxygen atoms in total. The van der Waals surface area contributed by atoms with Crippen molar-refractivity contribution in [2.24, 2.45) is 0 Å². The van der Waals surface area contributed by atoms with Crippen LogP contribution >= 0.6 is 0 Å². The summed E-state index contributed by atoms with van der Waals surface area (Å²) in [7, 11) is 0. The van der Waals surface area contributed by atoms with Crippen LogP contribution in [0.4, 0.5) is 5.69 Å². The monoisotopic (exact) mass is 297 g/mol. The standard InChI is InChI=1S/C15H11N3O4/c1-10-16-15(17-22-10)11-3-2-4-14(9-11)21-13-7-5-12(6-8-13)18(19)20/h2-9H,1H3. The predicted molar refractivity (Wildman–Crippen MR) is 77.6 cm³/mol. The molecule has 110 valence electrons. The number of benzene rings is 2. The maximum Gasteiger partial charge on any atom is 0.269 e. The summed E-state index contributed by atoms with van der Waals surface area (Å²) in [5.74, 6) is 2.05. The first-order valence-electron chi connectivity index (χ1n) is 6.45. The summed E-state index contributed by atoms with van der Waals surface area (Å²) in [6, 6.07) is 13.1. The van der Waals surface area contributed by atoms with Crippen LogP contribution in [0.25, 0.3) is 11.4 Å². The first-order valence-corrected chi connectivity index (χ1v) is 6.45. The van der Waals surface area contributed by atoms with Crippen LogP contribution in [-0.4, -0.2) is 15.1 Å². The normalized spacial score (nSPS) is 10.4. The van der Waals surface area contributed by atoms with Gasteiger partial charge < -0.3 is 9.26 Å². The van der Waals surface area contributed by atoms with E-state index in [1.54, 1.807) is 31.2 Å². The van der Waals surface area contributed by atoms with Gasteiger partial charge in [-0.25, -0.2) is 0 Å². The molecule has 3 rings (SSSR count). The van der Waals surface area contributed by atoms with Gasteiger partial charge in [0.25, 0.3) is 5.69 Å². The molecule has 1 heterocycles. The smallest absolute Gasteiger partial charge is 0.269 e. The van der Waals surface area contributed by atoms with Crippen LogP contribution in [-0.2, 0) is 0 Å². The predicted octanol–water partition coefficient (Wildman–Crippen LogP) is 3.75. The number of ether oxygens (including phenoxy) is 1. The third-order valence-electron chi connectivity index (χ3n) is 2.90. The zero-order chi connectivity index (χ0) is 15.5. The molecular formula is C15H11N3O4. The minimum atomic E-state index is -0.455. The summed E-state index contributed by atoms with van der Waals surface area (Å²) >= 11 is 0. The molecule has 0 aliphatic heterocycles. The van der Waals surface area contributed by atoms with E-state index in [0.717, 1.165) is 5.56 Å². The van der Waals surface area contributed by atoms with E-state index < -0.39 is 4.92 Å². The highest BCUT2D eigenvalue weighted by Gasteiger charge is 2.08. The van der Waals surface area contributed by atoms with Gasteiger partial charge in [-0.3, -0.25) is 10.1 Å². The van der Waals surface area contributed by atoms with Crippen LogP contribution in [0, 0.1) is 17.0 Å². The lowest BCUT2D eigenvalue weighted by Crippen LogP contribution is -1.89. The maximum atomic E-state index is 10.6. The Labute approximate surface area is 125 Å². The Kier molecular flexibility index (Phi) is 3.53. The van der Waals surface area contributed by atoms with Gasteiger partial charge >= 0.3 is 0 Å². The number of hydrogen-bond donors (Lipinski definition) is 0. The second kappa shape index (κ2) is 5.65. The van der Waals surface area contributed by atoms with Crippen molar-refractivity contribution in [2.75, 3.05) is 0 Å².